The van der Waals surface area contributed by atoms with Gasteiger partial charge in [-0.2, -0.15) is 9.61 Å². The standard InChI is InChI=1S/C17H10F2N4O2/c18-12-4-3-10(8-13(12)19)11-5-7-25-16(11)17(24)22-15-9-20-14-2-1-6-21-23(14)15/h1-9H,(H,22,24). The van der Waals surface area contributed by atoms with Crippen LogP contribution in [0.25, 0.3) is 16.8 Å². The summed E-state index contributed by atoms with van der Waals surface area (Å²) in [7, 11) is 0. The van der Waals surface area contributed by atoms with E-state index < -0.39 is 17.5 Å². The van der Waals surface area contributed by atoms with Gasteiger partial charge in [0, 0.05) is 11.8 Å². The second kappa shape index (κ2) is 5.82. The van der Waals surface area contributed by atoms with Gasteiger partial charge in [-0.05, 0) is 35.9 Å². The molecular weight excluding hydrogens is 330 g/mol. The molecule has 1 N–H and O–H groups in total. The van der Waals surface area contributed by atoms with Crippen LogP contribution in [-0.2, 0) is 0 Å². The highest BCUT2D eigenvalue weighted by molar-refractivity contribution is 6.06. The van der Waals surface area contributed by atoms with Crippen LogP contribution in [0.3, 0.4) is 0 Å². The summed E-state index contributed by atoms with van der Waals surface area (Å²) in [6, 6.07) is 8.34. The lowest BCUT2D eigenvalue weighted by atomic mass is 10.1. The molecule has 0 aliphatic rings. The summed E-state index contributed by atoms with van der Waals surface area (Å²) in [4.78, 5) is 16.6. The lowest BCUT2D eigenvalue weighted by molar-refractivity contribution is 0.0997. The molecule has 4 rings (SSSR count). The summed E-state index contributed by atoms with van der Waals surface area (Å²) in [5, 5.41) is 6.74. The van der Waals surface area contributed by atoms with Crippen LogP contribution < -0.4 is 5.32 Å². The van der Waals surface area contributed by atoms with Crippen molar-refractivity contribution in [3.63, 3.8) is 0 Å². The Morgan fingerprint density at radius 3 is 2.88 bits per heavy atom. The number of carbonyl (C=O) groups is 1. The maximum absolute atomic E-state index is 13.5. The molecule has 0 bridgehead atoms. The molecule has 25 heavy (non-hydrogen) atoms. The molecule has 124 valence electrons. The third-order valence-electron chi connectivity index (χ3n) is 3.62. The third-order valence-corrected chi connectivity index (χ3v) is 3.62. The van der Waals surface area contributed by atoms with Gasteiger partial charge < -0.3 is 9.73 Å². The van der Waals surface area contributed by atoms with Crippen LogP contribution in [0.15, 0.2) is 59.5 Å². The Hall–Kier alpha value is -3.55. The average molecular weight is 340 g/mol. The first kappa shape index (κ1) is 15.0. The number of hydrogen-bond donors (Lipinski definition) is 1. The average Bonchev–Trinajstić information content (AvgIpc) is 3.25. The van der Waals surface area contributed by atoms with Gasteiger partial charge in [-0.25, -0.2) is 13.8 Å². The summed E-state index contributed by atoms with van der Waals surface area (Å²) >= 11 is 0. The largest absolute Gasteiger partial charge is 0.459 e. The maximum Gasteiger partial charge on any atom is 0.293 e. The third kappa shape index (κ3) is 2.63. The van der Waals surface area contributed by atoms with Crippen molar-refractivity contribution in [2.45, 2.75) is 0 Å². The normalized spacial score (nSPS) is 11.0. The summed E-state index contributed by atoms with van der Waals surface area (Å²) in [6.45, 7) is 0. The van der Waals surface area contributed by atoms with E-state index >= 15 is 0 Å². The van der Waals surface area contributed by atoms with Crippen LogP contribution in [0, 0.1) is 11.6 Å². The highest BCUT2D eigenvalue weighted by Crippen LogP contribution is 2.27. The maximum atomic E-state index is 13.5. The van der Waals surface area contributed by atoms with Gasteiger partial charge in [0.2, 0.25) is 0 Å². The van der Waals surface area contributed by atoms with Gasteiger partial charge in [0.15, 0.2) is 28.9 Å². The number of rotatable bonds is 3. The highest BCUT2D eigenvalue weighted by Gasteiger charge is 2.19. The van der Waals surface area contributed by atoms with Crippen LogP contribution in [0.5, 0.6) is 0 Å². The van der Waals surface area contributed by atoms with Gasteiger partial charge in [0.1, 0.15) is 0 Å². The van der Waals surface area contributed by atoms with E-state index in [2.05, 4.69) is 15.4 Å². The Labute approximate surface area is 139 Å². The molecule has 3 aromatic heterocycles. The second-order valence-corrected chi connectivity index (χ2v) is 5.18. The van der Waals surface area contributed by atoms with Crippen molar-refractivity contribution in [2.75, 3.05) is 5.32 Å². The lowest BCUT2D eigenvalue weighted by Gasteiger charge is -2.05. The number of furan rings is 1. The van der Waals surface area contributed by atoms with Crippen molar-refractivity contribution in [1.29, 1.82) is 0 Å². The molecule has 1 aromatic carbocycles. The number of fused-ring (bicyclic) bond motifs is 1. The Morgan fingerprint density at radius 1 is 1.16 bits per heavy atom. The summed E-state index contributed by atoms with van der Waals surface area (Å²) in [6.07, 6.45) is 4.32. The van der Waals surface area contributed by atoms with Crippen LogP contribution >= 0.6 is 0 Å². The molecule has 0 unspecified atom stereocenters. The van der Waals surface area contributed by atoms with E-state index in [1.54, 1.807) is 18.3 Å². The number of amides is 1. The van der Waals surface area contributed by atoms with E-state index in [4.69, 9.17) is 4.42 Å². The summed E-state index contributed by atoms with van der Waals surface area (Å²) in [5.41, 5.74) is 1.24. The fourth-order valence-corrected chi connectivity index (χ4v) is 2.46. The number of halogens is 2. The molecule has 6 nitrogen and oxygen atoms in total. The highest BCUT2D eigenvalue weighted by atomic mass is 19.2. The number of hydrogen-bond acceptors (Lipinski definition) is 4. The minimum absolute atomic E-state index is 0.0307. The van der Waals surface area contributed by atoms with Crippen LogP contribution in [0.2, 0.25) is 0 Å². The number of aromatic nitrogens is 3. The topological polar surface area (TPSA) is 72.4 Å². The Bertz CT molecular complexity index is 1090. The van der Waals surface area contributed by atoms with E-state index in [0.717, 1.165) is 12.1 Å². The monoisotopic (exact) mass is 340 g/mol. The van der Waals surface area contributed by atoms with Gasteiger partial charge in [-0.3, -0.25) is 4.79 Å². The van der Waals surface area contributed by atoms with Crippen molar-refractivity contribution >= 4 is 17.4 Å². The Kier molecular flexibility index (Phi) is 3.50. The van der Waals surface area contributed by atoms with Crippen molar-refractivity contribution in [3.8, 4) is 11.1 Å². The first-order valence-electron chi connectivity index (χ1n) is 7.26. The van der Waals surface area contributed by atoms with E-state index in [9.17, 15) is 13.6 Å². The predicted octanol–water partition coefficient (Wildman–Crippen LogP) is 3.52. The predicted molar refractivity (Wildman–Crippen MR) is 85.0 cm³/mol. The number of nitrogens with zero attached hydrogens (tertiary/aromatic N) is 3. The van der Waals surface area contributed by atoms with E-state index in [1.807, 2.05) is 0 Å². The SMILES string of the molecule is O=C(Nc1cnc2cccnn12)c1occc1-c1ccc(F)c(F)c1. The van der Waals surface area contributed by atoms with Crippen molar-refractivity contribution in [1.82, 2.24) is 14.6 Å². The second-order valence-electron chi connectivity index (χ2n) is 5.18. The van der Waals surface area contributed by atoms with Crippen LogP contribution in [0.4, 0.5) is 14.6 Å². The molecule has 0 aliphatic carbocycles. The molecule has 4 aromatic rings. The van der Waals surface area contributed by atoms with E-state index in [0.29, 0.717) is 22.6 Å². The van der Waals surface area contributed by atoms with Crippen molar-refractivity contribution in [2.24, 2.45) is 0 Å². The number of imidazole rings is 1. The Balaban J connectivity index is 1.67. The molecule has 0 fully saturated rings. The zero-order valence-corrected chi connectivity index (χ0v) is 12.6. The summed E-state index contributed by atoms with van der Waals surface area (Å²) in [5.74, 6) is -2.20. The van der Waals surface area contributed by atoms with Crippen molar-refractivity contribution in [3.05, 3.63) is 72.4 Å². The zero-order chi connectivity index (χ0) is 17.4. The van der Waals surface area contributed by atoms with Gasteiger partial charge in [-0.15, -0.1) is 0 Å². The van der Waals surface area contributed by atoms with Crippen LogP contribution in [-0.4, -0.2) is 20.5 Å². The van der Waals surface area contributed by atoms with E-state index in [1.165, 1.54) is 29.1 Å². The Morgan fingerprint density at radius 2 is 2.04 bits per heavy atom. The lowest BCUT2D eigenvalue weighted by Crippen LogP contribution is -2.14. The molecule has 0 saturated carbocycles. The van der Waals surface area contributed by atoms with Gasteiger partial charge >= 0.3 is 0 Å². The number of benzene rings is 1. The minimum Gasteiger partial charge on any atom is -0.459 e. The zero-order valence-electron chi connectivity index (χ0n) is 12.6. The quantitative estimate of drug-likeness (QED) is 0.619. The molecule has 0 atom stereocenters. The van der Waals surface area contributed by atoms with Crippen LogP contribution in [0.1, 0.15) is 10.6 Å². The van der Waals surface area contributed by atoms with Gasteiger partial charge in [0.25, 0.3) is 5.91 Å². The number of nitrogens with one attached hydrogen (secondary N) is 1. The van der Waals surface area contributed by atoms with Gasteiger partial charge in [-0.1, -0.05) is 6.07 Å². The first-order valence-corrected chi connectivity index (χ1v) is 7.26. The molecule has 0 aliphatic heterocycles. The fourth-order valence-electron chi connectivity index (χ4n) is 2.46. The minimum atomic E-state index is -1.00. The fraction of sp³-hybridized carbons (Fsp3) is 0. The first-order chi connectivity index (χ1) is 12.1. The molecule has 0 spiro atoms. The van der Waals surface area contributed by atoms with E-state index in [-0.39, 0.29) is 5.76 Å². The number of anilines is 1. The molecule has 8 heteroatoms. The van der Waals surface area contributed by atoms with Crippen molar-refractivity contribution < 1.29 is 18.0 Å². The molecule has 1 amide bonds. The smallest absolute Gasteiger partial charge is 0.293 e. The molecule has 3 heterocycles. The summed E-state index contributed by atoms with van der Waals surface area (Å²) < 4.78 is 33.3. The van der Waals surface area contributed by atoms with Gasteiger partial charge in [0.05, 0.1) is 12.5 Å². The molecule has 0 saturated heterocycles. The number of carbonyl (C=O) groups excluding carboxylic acids is 1. The molecule has 0 radical (unpaired) electrons. The molecular formula is C17H10F2N4O2.